The van der Waals surface area contributed by atoms with Crippen molar-refractivity contribution < 1.29 is 9.53 Å². The standard InChI is InChI=1S/C14H18Br2N2O2/c1-8-4-3-5-17-13(8)14(19)18-11-7-12(20-2)10(16)6-9(11)15/h6-8,13,17H,3-5H2,1-2H3,(H,18,19). The number of carbonyl (C=O) groups is 1. The third-order valence-electron chi connectivity index (χ3n) is 3.55. The van der Waals surface area contributed by atoms with Gasteiger partial charge in [0.15, 0.2) is 0 Å². The summed E-state index contributed by atoms with van der Waals surface area (Å²) in [5.74, 6) is 1.04. The van der Waals surface area contributed by atoms with Gasteiger partial charge in [-0.3, -0.25) is 4.79 Å². The molecule has 1 aromatic rings. The van der Waals surface area contributed by atoms with Crippen molar-refractivity contribution in [1.82, 2.24) is 5.32 Å². The second-order valence-electron chi connectivity index (χ2n) is 5.01. The fourth-order valence-corrected chi connectivity index (χ4v) is 3.65. The van der Waals surface area contributed by atoms with Crippen molar-refractivity contribution in [2.24, 2.45) is 5.92 Å². The Bertz CT molecular complexity index is 508. The van der Waals surface area contributed by atoms with Crippen LogP contribution in [0.5, 0.6) is 5.75 Å². The Kier molecular flexibility index (Phi) is 5.46. The molecular formula is C14H18Br2N2O2. The molecule has 1 aliphatic rings. The van der Waals surface area contributed by atoms with Crippen LogP contribution in [0.2, 0.25) is 0 Å². The number of rotatable bonds is 3. The Balaban J connectivity index is 2.14. The lowest BCUT2D eigenvalue weighted by molar-refractivity contribution is -0.119. The highest BCUT2D eigenvalue weighted by atomic mass is 79.9. The molecule has 1 aromatic carbocycles. The number of hydrogen-bond acceptors (Lipinski definition) is 3. The maximum Gasteiger partial charge on any atom is 0.241 e. The molecule has 0 aliphatic carbocycles. The zero-order valence-corrected chi connectivity index (χ0v) is 14.7. The summed E-state index contributed by atoms with van der Waals surface area (Å²) < 4.78 is 6.92. The molecular weight excluding hydrogens is 388 g/mol. The van der Waals surface area contributed by atoms with Gasteiger partial charge in [-0.1, -0.05) is 6.92 Å². The number of amides is 1. The third-order valence-corrected chi connectivity index (χ3v) is 4.83. The van der Waals surface area contributed by atoms with Gasteiger partial charge in [0.05, 0.1) is 23.3 Å². The Hall–Kier alpha value is -0.590. The minimum absolute atomic E-state index is 0.00211. The number of piperidine rings is 1. The Labute approximate surface area is 135 Å². The van der Waals surface area contributed by atoms with Crippen LogP contribution >= 0.6 is 31.9 Å². The molecule has 2 N–H and O–H groups in total. The lowest BCUT2D eigenvalue weighted by Gasteiger charge is -2.29. The van der Waals surface area contributed by atoms with Crippen LogP contribution in [0.1, 0.15) is 19.8 Å². The summed E-state index contributed by atoms with van der Waals surface area (Å²) in [5, 5.41) is 6.24. The predicted molar refractivity (Wildman–Crippen MR) is 87.2 cm³/mol. The molecule has 0 radical (unpaired) electrons. The number of ether oxygens (including phenoxy) is 1. The molecule has 1 amide bonds. The fraction of sp³-hybridized carbons (Fsp3) is 0.500. The van der Waals surface area contributed by atoms with E-state index in [1.807, 2.05) is 6.07 Å². The van der Waals surface area contributed by atoms with Crippen molar-refractivity contribution >= 4 is 43.5 Å². The zero-order valence-electron chi connectivity index (χ0n) is 11.5. The van der Waals surface area contributed by atoms with Gasteiger partial charge in [-0.2, -0.15) is 0 Å². The van der Waals surface area contributed by atoms with E-state index in [4.69, 9.17) is 4.74 Å². The van der Waals surface area contributed by atoms with Crippen molar-refractivity contribution in [3.8, 4) is 5.75 Å². The molecule has 1 heterocycles. The largest absolute Gasteiger partial charge is 0.495 e. The summed E-state index contributed by atoms with van der Waals surface area (Å²) in [4.78, 5) is 12.4. The number of carbonyl (C=O) groups excluding carboxylic acids is 1. The molecule has 6 heteroatoms. The van der Waals surface area contributed by atoms with Gasteiger partial charge in [0, 0.05) is 10.5 Å². The lowest BCUT2D eigenvalue weighted by Crippen LogP contribution is -2.48. The molecule has 2 rings (SSSR count). The second kappa shape index (κ2) is 6.91. The van der Waals surface area contributed by atoms with E-state index in [0.29, 0.717) is 11.7 Å². The Morgan fingerprint density at radius 1 is 1.40 bits per heavy atom. The van der Waals surface area contributed by atoms with Crippen LogP contribution in [0.4, 0.5) is 5.69 Å². The predicted octanol–water partition coefficient (Wildman–Crippen LogP) is 3.55. The van der Waals surface area contributed by atoms with Gasteiger partial charge in [0.25, 0.3) is 0 Å². The molecule has 0 bridgehead atoms. The molecule has 1 saturated heterocycles. The van der Waals surface area contributed by atoms with Crippen LogP contribution in [0.3, 0.4) is 0 Å². The molecule has 1 aliphatic heterocycles. The van der Waals surface area contributed by atoms with Crippen molar-refractivity contribution in [3.63, 3.8) is 0 Å². The first-order valence-corrected chi connectivity index (χ1v) is 8.18. The van der Waals surface area contributed by atoms with E-state index in [1.54, 1.807) is 13.2 Å². The van der Waals surface area contributed by atoms with Gasteiger partial charge >= 0.3 is 0 Å². The number of nitrogens with one attached hydrogen (secondary N) is 2. The van der Waals surface area contributed by atoms with Gasteiger partial charge < -0.3 is 15.4 Å². The molecule has 20 heavy (non-hydrogen) atoms. The number of benzene rings is 1. The average Bonchev–Trinajstić information content (AvgIpc) is 2.42. The summed E-state index contributed by atoms with van der Waals surface area (Å²) in [5.41, 5.74) is 0.717. The summed E-state index contributed by atoms with van der Waals surface area (Å²) >= 11 is 6.87. The fourth-order valence-electron chi connectivity index (χ4n) is 2.39. The van der Waals surface area contributed by atoms with Crippen LogP contribution in [0, 0.1) is 5.92 Å². The van der Waals surface area contributed by atoms with Gasteiger partial charge in [-0.15, -0.1) is 0 Å². The minimum Gasteiger partial charge on any atom is -0.495 e. The van der Waals surface area contributed by atoms with Gasteiger partial charge in [0.1, 0.15) is 5.75 Å². The minimum atomic E-state index is -0.134. The van der Waals surface area contributed by atoms with Crippen LogP contribution in [-0.2, 0) is 4.79 Å². The van der Waals surface area contributed by atoms with Crippen LogP contribution in [0.25, 0.3) is 0 Å². The first-order chi connectivity index (χ1) is 9.52. The highest BCUT2D eigenvalue weighted by molar-refractivity contribution is 9.11. The highest BCUT2D eigenvalue weighted by Crippen LogP contribution is 2.34. The molecule has 1 fully saturated rings. The molecule has 2 unspecified atom stereocenters. The van der Waals surface area contributed by atoms with E-state index >= 15 is 0 Å². The van der Waals surface area contributed by atoms with Gasteiger partial charge in [-0.05, 0) is 63.2 Å². The van der Waals surface area contributed by atoms with E-state index in [0.717, 1.165) is 34.0 Å². The van der Waals surface area contributed by atoms with E-state index < -0.39 is 0 Å². The SMILES string of the molecule is COc1cc(NC(=O)C2NCCCC2C)c(Br)cc1Br. The van der Waals surface area contributed by atoms with Crippen LogP contribution in [0.15, 0.2) is 21.1 Å². The Morgan fingerprint density at radius 2 is 2.15 bits per heavy atom. The van der Waals surface area contributed by atoms with Crippen molar-refractivity contribution in [1.29, 1.82) is 0 Å². The van der Waals surface area contributed by atoms with E-state index in [9.17, 15) is 4.79 Å². The molecule has 2 atom stereocenters. The molecule has 0 saturated carbocycles. The molecule has 110 valence electrons. The van der Waals surface area contributed by atoms with Gasteiger partial charge in [-0.25, -0.2) is 0 Å². The zero-order chi connectivity index (χ0) is 14.7. The smallest absolute Gasteiger partial charge is 0.241 e. The van der Waals surface area contributed by atoms with E-state index in [1.165, 1.54) is 0 Å². The topological polar surface area (TPSA) is 50.4 Å². The first-order valence-electron chi connectivity index (χ1n) is 6.60. The van der Waals surface area contributed by atoms with Gasteiger partial charge in [0.2, 0.25) is 5.91 Å². The lowest BCUT2D eigenvalue weighted by atomic mass is 9.92. The Morgan fingerprint density at radius 3 is 2.80 bits per heavy atom. The first kappa shape index (κ1) is 15.8. The van der Waals surface area contributed by atoms with Crippen LogP contribution in [-0.4, -0.2) is 25.6 Å². The monoisotopic (exact) mass is 404 g/mol. The number of hydrogen-bond donors (Lipinski definition) is 2. The summed E-state index contributed by atoms with van der Waals surface area (Å²) in [6.07, 6.45) is 2.21. The number of halogens is 2. The number of methoxy groups -OCH3 is 1. The summed E-state index contributed by atoms with van der Waals surface area (Å²) in [6, 6.07) is 3.54. The second-order valence-corrected chi connectivity index (χ2v) is 6.72. The molecule has 0 aromatic heterocycles. The number of anilines is 1. The quantitative estimate of drug-likeness (QED) is 0.808. The summed E-state index contributed by atoms with van der Waals surface area (Å²) in [7, 11) is 1.60. The average molecular weight is 406 g/mol. The highest BCUT2D eigenvalue weighted by Gasteiger charge is 2.27. The molecule has 0 spiro atoms. The van der Waals surface area contributed by atoms with Crippen molar-refractivity contribution in [3.05, 3.63) is 21.1 Å². The van der Waals surface area contributed by atoms with Crippen molar-refractivity contribution in [2.75, 3.05) is 19.0 Å². The third kappa shape index (κ3) is 3.54. The maximum atomic E-state index is 12.4. The maximum absolute atomic E-state index is 12.4. The van der Waals surface area contributed by atoms with Crippen LogP contribution < -0.4 is 15.4 Å². The normalized spacial score (nSPS) is 22.4. The van der Waals surface area contributed by atoms with Crippen molar-refractivity contribution in [2.45, 2.75) is 25.8 Å². The van der Waals surface area contributed by atoms with E-state index in [2.05, 4.69) is 49.4 Å². The van der Waals surface area contributed by atoms with E-state index in [-0.39, 0.29) is 11.9 Å². The molecule has 4 nitrogen and oxygen atoms in total. The summed E-state index contributed by atoms with van der Waals surface area (Å²) in [6.45, 7) is 3.00.